The third kappa shape index (κ3) is 1.42. The van der Waals surface area contributed by atoms with Crippen LogP contribution in [0.4, 0.5) is 0 Å². The number of esters is 1. The predicted octanol–water partition coefficient (Wildman–Crippen LogP) is 2.57. The zero-order chi connectivity index (χ0) is 11.9. The maximum atomic E-state index is 11.6. The van der Waals surface area contributed by atoms with Crippen LogP contribution in [0.25, 0.3) is 0 Å². The van der Waals surface area contributed by atoms with Crippen molar-refractivity contribution in [1.82, 2.24) is 0 Å². The van der Waals surface area contributed by atoms with Gasteiger partial charge in [0.2, 0.25) is 0 Å². The monoisotopic (exact) mass is 262 g/mol. The molecule has 0 saturated heterocycles. The van der Waals surface area contributed by atoms with Crippen molar-refractivity contribution in [2.45, 2.75) is 5.97 Å². The van der Waals surface area contributed by atoms with Crippen LogP contribution in [0.5, 0.6) is 0 Å². The molecule has 0 aromatic heterocycles. The standard InChI is InChI=1S/C10H8Cl2O4/c1-14-10(15-2)8-6(12)4-3-5(11)7(8)9(13)16-10/h3-4H,1-2H3. The number of carbonyl (C=O) groups is 1. The topological polar surface area (TPSA) is 44.8 Å². The van der Waals surface area contributed by atoms with Gasteiger partial charge in [0.1, 0.15) is 0 Å². The number of rotatable bonds is 2. The molecule has 0 amide bonds. The minimum absolute atomic E-state index is 0.179. The van der Waals surface area contributed by atoms with Crippen molar-refractivity contribution >= 4 is 29.2 Å². The number of cyclic esters (lactones) is 1. The maximum absolute atomic E-state index is 11.6. The molecule has 0 saturated carbocycles. The Hall–Kier alpha value is -0.810. The summed E-state index contributed by atoms with van der Waals surface area (Å²) in [5, 5.41) is 0.550. The highest BCUT2D eigenvalue weighted by Crippen LogP contribution is 2.44. The van der Waals surface area contributed by atoms with E-state index in [2.05, 4.69) is 0 Å². The highest BCUT2D eigenvalue weighted by atomic mass is 35.5. The molecule has 1 aliphatic heterocycles. The van der Waals surface area contributed by atoms with Crippen molar-refractivity contribution in [2.24, 2.45) is 0 Å². The van der Waals surface area contributed by atoms with Crippen LogP contribution in [0.15, 0.2) is 12.1 Å². The van der Waals surface area contributed by atoms with Gasteiger partial charge in [-0.1, -0.05) is 23.2 Å². The second-order valence-electron chi connectivity index (χ2n) is 3.13. The maximum Gasteiger partial charge on any atom is 0.360 e. The molecule has 1 heterocycles. The van der Waals surface area contributed by atoms with E-state index in [1.165, 1.54) is 20.3 Å². The molecular weight excluding hydrogens is 255 g/mol. The fourth-order valence-electron chi connectivity index (χ4n) is 1.65. The lowest BCUT2D eigenvalue weighted by Crippen LogP contribution is -2.31. The van der Waals surface area contributed by atoms with Gasteiger partial charge in [0, 0.05) is 14.2 Å². The van der Waals surface area contributed by atoms with E-state index in [0.29, 0.717) is 10.6 Å². The van der Waals surface area contributed by atoms with Gasteiger partial charge in [0.05, 0.1) is 21.2 Å². The van der Waals surface area contributed by atoms with Crippen molar-refractivity contribution in [2.75, 3.05) is 14.2 Å². The normalized spacial score (nSPS) is 17.1. The molecule has 0 radical (unpaired) electrons. The number of halogens is 2. The quantitative estimate of drug-likeness (QED) is 0.607. The lowest BCUT2D eigenvalue weighted by Gasteiger charge is -2.24. The zero-order valence-electron chi connectivity index (χ0n) is 8.54. The Kier molecular flexibility index (Phi) is 2.84. The smallest absolute Gasteiger partial charge is 0.360 e. The second kappa shape index (κ2) is 3.89. The average Bonchev–Trinajstić information content (AvgIpc) is 2.59. The first-order valence-corrected chi connectivity index (χ1v) is 5.13. The van der Waals surface area contributed by atoms with Crippen LogP contribution in [0.1, 0.15) is 15.9 Å². The summed E-state index contributed by atoms with van der Waals surface area (Å²) in [6, 6.07) is 3.07. The van der Waals surface area contributed by atoms with E-state index in [4.69, 9.17) is 37.4 Å². The van der Waals surface area contributed by atoms with E-state index in [1.807, 2.05) is 0 Å². The molecule has 0 spiro atoms. The first-order chi connectivity index (χ1) is 7.55. The summed E-state index contributed by atoms with van der Waals surface area (Å²) >= 11 is 11.9. The fourth-order valence-corrected chi connectivity index (χ4v) is 2.15. The molecular formula is C10H8Cl2O4. The molecule has 86 valence electrons. The largest absolute Gasteiger partial charge is 0.400 e. The van der Waals surface area contributed by atoms with Gasteiger partial charge in [-0.2, -0.15) is 0 Å². The van der Waals surface area contributed by atoms with Crippen molar-refractivity contribution in [3.8, 4) is 0 Å². The Morgan fingerprint density at radius 2 is 1.75 bits per heavy atom. The molecule has 1 aromatic rings. The van der Waals surface area contributed by atoms with Crippen LogP contribution >= 0.6 is 23.2 Å². The number of hydrogen-bond donors (Lipinski definition) is 0. The molecule has 16 heavy (non-hydrogen) atoms. The molecule has 1 aromatic carbocycles. The lowest BCUT2D eigenvalue weighted by atomic mass is 10.1. The van der Waals surface area contributed by atoms with Gasteiger partial charge in [-0.25, -0.2) is 4.79 Å². The summed E-state index contributed by atoms with van der Waals surface area (Å²) in [5.74, 6) is -2.22. The van der Waals surface area contributed by atoms with E-state index >= 15 is 0 Å². The molecule has 0 fully saturated rings. The molecule has 6 heteroatoms. The molecule has 0 atom stereocenters. The molecule has 0 bridgehead atoms. The van der Waals surface area contributed by atoms with Gasteiger partial charge in [0.15, 0.2) is 0 Å². The fraction of sp³-hybridized carbons (Fsp3) is 0.300. The Morgan fingerprint density at radius 1 is 1.19 bits per heavy atom. The van der Waals surface area contributed by atoms with Crippen LogP contribution < -0.4 is 0 Å². The van der Waals surface area contributed by atoms with Gasteiger partial charge in [-0.15, -0.1) is 0 Å². The first-order valence-electron chi connectivity index (χ1n) is 4.38. The molecule has 2 rings (SSSR count). The van der Waals surface area contributed by atoms with Crippen LogP contribution in [0.2, 0.25) is 10.0 Å². The second-order valence-corrected chi connectivity index (χ2v) is 3.95. The molecule has 0 unspecified atom stereocenters. The minimum atomic E-state index is -1.60. The van der Waals surface area contributed by atoms with Crippen molar-refractivity contribution in [3.05, 3.63) is 33.3 Å². The van der Waals surface area contributed by atoms with Crippen molar-refractivity contribution < 1.29 is 19.0 Å². The van der Waals surface area contributed by atoms with E-state index in [0.717, 1.165) is 0 Å². The number of carbonyl (C=O) groups excluding carboxylic acids is 1. The third-order valence-corrected chi connectivity index (χ3v) is 3.01. The summed E-state index contributed by atoms with van der Waals surface area (Å²) in [6.45, 7) is 0. The van der Waals surface area contributed by atoms with Gasteiger partial charge < -0.3 is 14.2 Å². The highest BCUT2D eigenvalue weighted by molar-refractivity contribution is 6.36. The Labute approximate surface area is 102 Å². The molecule has 4 nitrogen and oxygen atoms in total. The molecule has 0 N–H and O–H groups in total. The van der Waals surface area contributed by atoms with Gasteiger partial charge >= 0.3 is 11.9 Å². The van der Waals surface area contributed by atoms with Crippen molar-refractivity contribution in [3.63, 3.8) is 0 Å². The number of benzene rings is 1. The number of fused-ring (bicyclic) bond motifs is 1. The van der Waals surface area contributed by atoms with Crippen LogP contribution in [-0.4, -0.2) is 20.2 Å². The highest BCUT2D eigenvalue weighted by Gasteiger charge is 2.50. The van der Waals surface area contributed by atoms with E-state index in [-0.39, 0.29) is 10.6 Å². The molecule has 1 aliphatic rings. The summed E-state index contributed by atoms with van der Waals surface area (Å²) in [6.07, 6.45) is 0. The Morgan fingerprint density at radius 3 is 2.31 bits per heavy atom. The van der Waals surface area contributed by atoms with Crippen LogP contribution in [-0.2, 0) is 20.2 Å². The van der Waals surface area contributed by atoms with Crippen LogP contribution in [0.3, 0.4) is 0 Å². The average molecular weight is 263 g/mol. The van der Waals surface area contributed by atoms with Crippen molar-refractivity contribution in [1.29, 1.82) is 0 Å². The summed E-state index contributed by atoms with van der Waals surface area (Å²) in [7, 11) is 2.70. The molecule has 0 aliphatic carbocycles. The SMILES string of the molecule is COC1(OC)OC(=O)c2c(Cl)ccc(Cl)c21. The number of methoxy groups -OCH3 is 2. The predicted molar refractivity (Wildman–Crippen MR) is 57.6 cm³/mol. The van der Waals surface area contributed by atoms with Gasteiger partial charge in [-0.05, 0) is 12.1 Å². The Bertz CT molecular complexity index is 454. The third-order valence-electron chi connectivity index (χ3n) is 2.38. The van der Waals surface area contributed by atoms with Gasteiger partial charge in [0.25, 0.3) is 0 Å². The first kappa shape index (κ1) is 11.7. The summed E-state index contributed by atoms with van der Waals surface area (Å²) in [4.78, 5) is 11.6. The van der Waals surface area contributed by atoms with E-state index in [1.54, 1.807) is 6.07 Å². The lowest BCUT2D eigenvalue weighted by molar-refractivity contribution is -0.340. The minimum Gasteiger partial charge on any atom is -0.400 e. The number of hydrogen-bond acceptors (Lipinski definition) is 4. The number of ether oxygens (including phenoxy) is 3. The van der Waals surface area contributed by atoms with E-state index in [9.17, 15) is 4.79 Å². The Balaban J connectivity index is 2.74. The summed E-state index contributed by atoms with van der Waals surface area (Å²) in [5.41, 5.74) is 0.481. The van der Waals surface area contributed by atoms with E-state index < -0.39 is 11.9 Å². The summed E-state index contributed by atoms with van der Waals surface area (Å²) < 4.78 is 15.2. The van der Waals surface area contributed by atoms with Crippen LogP contribution in [0, 0.1) is 0 Å². The zero-order valence-corrected chi connectivity index (χ0v) is 10.1. The van der Waals surface area contributed by atoms with Gasteiger partial charge in [-0.3, -0.25) is 0 Å².